The zero-order valence-electron chi connectivity index (χ0n) is 15.7. The van der Waals surface area contributed by atoms with E-state index in [-0.39, 0.29) is 5.56 Å². The van der Waals surface area contributed by atoms with Crippen molar-refractivity contribution in [3.63, 3.8) is 0 Å². The summed E-state index contributed by atoms with van der Waals surface area (Å²) in [4.78, 5) is 31.4. The maximum atomic E-state index is 12.5. The molecule has 8 heteroatoms. The van der Waals surface area contributed by atoms with E-state index in [0.717, 1.165) is 11.1 Å². The lowest BCUT2D eigenvalue weighted by atomic mass is 10.2. The van der Waals surface area contributed by atoms with Gasteiger partial charge in [-0.15, -0.1) is 0 Å². The highest BCUT2D eigenvalue weighted by atomic mass is 32.2. The number of hydrogen-bond donors (Lipinski definition) is 1. The van der Waals surface area contributed by atoms with Crippen molar-refractivity contribution in [3.8, 4) is 11.5 Å². The molecule has 0 fully saturated rings. The fourth-order valence-corrected chi connectivity index (χ4v) is 3.88. The zero-order valence-corrected chi connectivity index (χ0v) is 16.5. The van der Waals surface area contributed by atoms with Gasteiger partial charge in [0.25, 0.3) is 11.4 Å². The summed E-state index contributed by atoms with van der Waals surface area (Å²) in [5, 5.41) is 4.61. The molecule has 0 amide bonds. The molecule has 0 aliphatic heterocycles. The van der Waals surface area contributed by atoms with E-state index in [9.17, 15) is 9.59 Å². The number of benzene rings is 2. The first-order valence-electron chi connectivity index (χ1n) is 9.00. The molecule has 0 saturated carbocycles. The Balaban J connectivity index is 1.61. The molecule has 4 rings (SSSR count). The number of nitrogens with one attached hydrogen (secondary N) is 1. The molecule has 0 saturated heterocycles. The summed E-state index contributed by atoms with van der Waals surface area (Å²) in [6.07, 6.45) is 0. The van der Waals surface area contributed by atoms with Gasteiger partial charge in [-0.05, 0) is 24.6 Å². The number of H-pyrrole nitrogens is 1. The molecule has 0 spiro atoms. The molecule has 0 radical (unpaired) electrons. The lowest BCUT2D eigenvalue weighted by Gasteiger charge is -2.13. The molecule has 1 N–H and O–H groups in total. The second-order valence-electron chi connectivity index (χ2n) is 6.43. The summed E-state index contributed by atoms with van der Waals surface area (Å²) < 4.78 is 6.90. The summed E-state index contributed by atoms with van der Waals surface area (Å²) in [5.41, 5.74) is 1.46. The lowest BCUT2D eigenvalue weighted by molar-refractivity contribution is 0.425. The Morgan fingerprint density at radius 1 is 1.03 bits per heavy atom. The molecule has 7 nitrogen and oxygen atoms in total. The van der Waals surface area contributed by atoms with Crippen molar-refractivity contribution in [1.29, 1.82) is 0 Å². The third kappa shape index (κ3) is 4.22. The van der Waals surface area contributed by atoms with Crippen LogP contribution in [0.15, 0.2) is 79.8 Å². The summed E-state index contributed by atoms with van der Waals surface area (Å²) in [7, 11) is 0. The second kappa shape index (κ2) is 8.32. The zero-order chi connectivity index (χ0) is 20.2. The summed E-state index contributed by atoms with van der Waals surface area (Å²) >= 11 is 1.34. The first kappa shape index (κ1) is 18.9. The quantitative estimate of drug-likeness (QED) is 0.390. The summed E-state index contributed by atoms with van der Waals surface area (Å²) in [5.74, 6) is 1.30. The molecule has 2 heterocycles. The van der Waals surface area contributed by atoms with E-state index in [1.54, 1.807) is 11.5 Å². The molecule has 0 aliphatic carbocycles. The van der Waals surface area contributed by atoms with Crippen molar-refractivity contribution >= 4 is 11.8 Å². The molecule has 29 heavy (non-hydrogen) atoms. The Bertz CT molecular complexity index is 1230. The largest absolute Gasteiger partial charge is 0.334 e. The van der Waals surface area contributed by atoms with Gasteiger partial charge in [0.05, 0.1) is 17.3 Å². The van der Waals surface area contributed by atoms with Crippen molar-refractivity contribution in [2.45, 2.75) is 24.2 Å². The van der Waals surface area contributed by atoms with Crippen LogP contribution in [0, 0.1) is 6.92 Å². The molecule has 0 aliphatic rings. The highest BCUT2D eigenvalue weighted by Gasteiger charge is 2.15. The van der Waals surface area contributed by atoms with Gasteiger partial charge in [0.1, 0.15) is 0 Å². The maximum absolute atomic E-state index is 12.5. The molecule has 2 aromatic heterocycles. The number of nitrogens with zero attached hydrogens (tertiary/aromatic N) is 3. The van der Waals surface area contributed by atoms with Gasteiger partial charge in [-0.25, -0.2) is 4.79 Å². The molecule has 0 unspecified atom stereocenters. The van der Waals surface area contributed by atoms with Gasteiger partial charge >= 0.3 is 5.69 Å². The molecular weight excluding hydrogens is 388 g/mol. The average molecular weight is 406 g/mol. The van der Waals surface area contributed by atoms with Crippen LogP contribution in [0.5, 0.6) is 0 Å². The highest BCUT2D eigenvalue weighted by Crippen LogP contribution is 2.24. The van der Waals surface area contributed by atoms with Crippen LogP contribution in [-0.4, -0.2) is 19.7 Å². The minimum Gasteiger partial charge on any atom is -0.334 e. The van der Waals surface area contributed by atoms with E-state index in [4.69, 9.17) is 4.52 Å². The molecule has 146 valence electrons. The highest BCUT2D eigenvalue weighted by molar-refractivity contribution is 7.98. The van der Waals surface area contributed by atoms with Crippen LogP contribution >= 0.6 is 11.8 Å². The van der Waals surface area contributed by atoms with Crippen LogP contribution in [0.4, 0.5) is 0 Å². The van der Waals surface area contributed by atoms with Crippen molar-refractivity contribution in [3.05, 3.63) is 98.5 Å². The average Bonchev–Trinajstić information content (AvgIpc) is 3.22. The van der Waals surface area contributed by atoms with Crippen molar-refractivity contribution in [2.75, 3.05) is 0 Å². The van der Waals surface area contributed by atoms with Crippen molar-refractivity contribution < 1.29 is 4.52 Å². The molecule has 4 aromatic rings. The summed E-state index contributed by atoms with van der Waals surface area (Å²) in [6, 6.07) is 19.1. The van der Waals surface area contributed by atoms with Crippen LogP contribution < -0.4 is 11.2 Å². The Morgan fingerprint density at radius 3 is 2.45 bits per heavy atom. The number of aromatic nitrogens is 4. The Hall–Kier alpha value is -3.39. The smallest absolute Gasteiger partial charge is 0.329 e. The number of rotatable bonds is 6. The number of thioether (sulfide) groups is 1. The van der Waals surface area contributed by atoms with E-state index < -0.39 is 5.69 Å². The van der Waals surface area contributed by atoms with Crippen molar-refractivity contribution in [1.82, 2.24) is 19.7 Å². The maximum Gasteiger partial charge on any atom is 0.329 e. The van der Waals surface area contributed by atoms with Crippen molar-refractivity contribution in [2.24, 2.45) is 0 Å². The van der Waals surface area contributed by atoms with Gasteiger partial charge in [-0.2, -0.15) is 4.98 Å². The fraction of sp³-hybridized carbons (Fsp3) is 0.143. The minimum absolute atomic E-state index is 0.362. The van der Waals surface area contributed by atoms with Gasteiger partial charge in [-0.3, -0.25) is 14.3 Å². The SMILES string of the molecule is Cc1c(SCc2noc(-c3ccccc3)n2)n(Cc2ccccc2)c(=O)[nH]c1=O. The Kier molecular flexibility index (Phi) is 5.44. The van der Waals surface area contributed by atoms with Gasteiger partial charge in [0.15, 0.2) is 5.82 Å². The fourth-order valence-electron chi connectivity index (χ4n) is 2.89. The van der Waals surface area contributed by atoms with E-state index in [2.05, 4.69) is 15.1 Å². The molecule has 0 bridgehead atoms. The van der Waals surface area contributed by atoms with E-state index >= 15 is 0 Å². The predicted octanol–water partition coefficient (Wildman–Crippen LogP) is 3.24. The third-order valence-corrected chi connectivity index (χ3v) is 5.59. The van der Waals surface area contributed by atoms with E-state index in [0.29, 0.717) is 34.6 Å². The molecule has 0 atom stereocenters. The van der Waals surface area contributed by atoms with Gasteiger partial charge < -0.3 is 4.52 Å². The number of aromatic amines is 1. The second-order valence-corrected chi connectivity index (χ2v) is 7.40. The van der Waals surface area contributed by atoms with Crippen LogP contribution in [-0.2, 0) is 12.3 Å². The summed E-state index contributed by atoms with van der Waals surface area (Å²) in [6.45, 7) is 2.06. The van der Waals surface area contributed by atoms with Crippen LogP contribution in [0.2, 0.25) is 0 Å². The molecule has 2 aromatic carbocycles. The normalized spacial score (nSPS) is 10.9. The molecular formula is C21H18N4O3S. The van der Waals surface area contributed by atoms with Crippen LogP contribution in [0.3, 0.4) is 0 Å². The van der Waals surface area contributed by atoms with E-state index in [1.165, 1.54) is 11.8 Å². The topological polar surface area (TPSA) is 93.8 Å². The number of hydrogen-bond acceptors (Lipinski definition) is 6. The monoisotopic (exact) mass is 406 g/mol. The van der Waals surface area contributed by atoms with Gasteiger partial charge in [0, 0.05) is 11.1 Å². The van der Waals surface area contributed by atoms with Gasteiger partial charge in [0.2, 0.25) is 0 Å². The lowest BCUT2D eigenvalue weighted by Crippen LogP contribution is -2.33. The third-order valence-electron chi connectivity index (χ3n) is 4.38. The standard InChI is InChI=1S/C21H18N4O3S/c1-14-18(26)23-21(27)25(12-15-8-4-2-5-9-15)20(14)29-13-17-22-19(28-24-17)16-10-6-3-7-11-16/h2-11H,12-13H2,1H3,(H,23,26,27). The van der Waals surface area contributed by atoms with Gasteiger partial charge in [-0.1, -0.05) is 65.4 Å². The van der Waals surface area contributed by atoms with E-state index in [1.807, 2.05) is 60.7 Å². The van der Waals surface area contributed by atoms with Crippen LogP contribution in [0.1, 0.15) is 17.0 Å². The Labute approximate surface area is 170 Å². The first-order valence-corrected chi connectivity index (χ1v) is 9.99. The van der Waals surface area contributed by atoms with Crippen LogP contribution in [0.25, 0.3) is 11.5 Å². The first-order chi connectivity index (χ1) is 14.1. The Morgan fingerprint density at radius 2 is 1.72 bits per heavy atom. The predicted molar refractivity (Wildman–Crippen MR) is 111 cm³/mol. The minimum atomic E-state index is -0.440.